The van der Waals surface area contributed by atoms with E-state index in [1.165, 1.54) is 6.07 Å². The minimum atomic E-state index is -0.348. The largest absolute Gasteiger partial charge is 0.316 e. The van der Waals surface area contributed by atoms with Crippen LogP contribution < -0.4 is 5.32 Å². The van der Waals surface area contributed by atoms with Crippen molar-refractivity contribution in [1.29, 1.82) is 0 Å². The number of likely N-dealkylation sites (N-methyl/N-ethyl adjacent to an activating group) is 1. The van der Waals surface area contributed by atoms with Gasteiger partial charge in [-0.2, -0.15) is 0 Å². The minimum Gasteiger partial charge on any atom is -0.316 e. The first-order valence-corrected chi connectivity index (χ1v) is 6.61. The molecule has 0 bridgehead atoms. The standard InChI is InChI=1S/C14H21ClFN/c1-4-11(5-2)14(17-3)9-10-6-7-13(16)12(15)8-10/h6-8,11,14,17H,4-5,9H2,1-3H3. The van der Waals surface area contributed by atoms with Gasteiger partial charge in [-0.25, -0.2) is 4.39 Å². The van der Waals surface area contributed by atoms with Gasteiger partial charge in [0.1, 0.15) is 5.82 Å². The monoisotopic (exact) mass is 257 g/mol. The molecule has 0 aromatic heterocycles. The van der Waals surface area contributed by atoms with E-state index in [1.807, 2.05) is 13.1 Å². The molecule has 0 aliphatic rings. The van der Waals surface area contributed by atoms with Gasteiger partial charge in [0.15, 0.2) is 0 Å². The lowest BCUT2D eigenvalue weighted by atomic mass is 9.89. The predicted molar refractivity (Wildman–Crippen MR) is 72.0 cm³/mol. The van der Waals surface area contributed by atoms with E-state index in [9.17, 15) is 4.39 Å². The summed E-state index contributed by atoms with van der Waals surface area (Å²) in [4.78, 5) is 0. The van der Waals surface area contributed by atoms with E-state index in [2.05, 4.69) is 19.2 Å². The molecule has 96 valence electrons. The molecule has 0 heterocycles. The Morgan fingerprint density at radius 1 is 1.29 bits per heavy atom. The zero-order valence-electron chi connectivity index (χ0n) is 10.8. The van der Waals surface area contributed by atoms with Crippen LogP contribution in [-0.4, -0.2) is 13.1 Å². The molecule has 0 aliphatic heterocycles. The molecular formula is C14H21ClFN. The molecule has 17 heavy (non-hydrogen) atoms. The Hall–Kier alpha value is -0.600. The molecule has 1 aromatic rings. The van der Waals surface area contributed by atoms with E-state index in [-0.39, 0.29) is 10.8 Å². The van der Waals surface area contributed by atoms with Crippen molar-refractivity contribution in [2.75, 3.05) is 7.05 Å². The van der Waals surface area contributed by atoms with Crippen LogP contribution in [0, 0.1) is 11.7 Å². The molecule has 0 radical (unpaired) electrons. The molecule has 0 spiro atoms. The van der Waals surface area contributed by atoms with Crippen molar-refractivity contribution in [3.8, 4) is 0 Å². The average molecular weight is 258 g/mol. The van der Waals surface area contributed by atoms with Crippen molar-refractivity contribution >= 4 is 11.6 Å². The number of hydrogen-bond acceptors (Lipinski definition) is 1. The van der Waals surface area contributed by atoms with Crippen LogP contribution in [-0.2, 0) is 6.42 Å². The molecule has 1 nitrogen and oxygen atoms in total. The van der Waals surface area contributed by atoms with Crippen LogP contribution in [0.4, 0.5) is 4.39 Å². The van der Waals surface area contributed by atoms with E-state index in [1.54, 1.807) is 6.07 Å². The Bertz CT molecular complexity index is 350. The number of benzene rings is 1. The van der Waals surface area contributed by atoms with Crippen LogP contribution in [0.5, 0.6) is 0 Å². The second-order valence-electron chi connectivity index (χ2n) is 4.42. The van der Waals surface area contributed by atoms with Crippen molar-refractivity contribution in [3.05, 3.63) is 34.6 Å². The SMILES string of the molecule is CCC(CC)C(Cc1ccc(F)c(Cl)c1)NC. The minimum absolute atomic E-state index is 0.210. The summed E-state index contributed by atoms with van der Waals surface area (Å²) in [6, 6.07) is 5.40. The highest BCUT2D eigenvalue weighted by atomic mass is 35.5. The van der Waals surface area contributed by atoms with Gasteiger partial charge in [0.2, 0.25) is 0 Å². The Labute approximate surface area is 108 Å². The lowest BCUT2D eigenvalue weighted by Crippen LogP contribution is -2.35. The van der Waals surface area contributed by atoms with E-state index in [0.29, 0.717) is 12.0 Å². The molecule has 1 atom stereocenters. The fourth-order valence-corrected chi connectivity index (χ4v) is 2.49. The summed E-state index contributed by atoms with van der Waals surface area (Å²) < 4.78 is 13.1. The van der Waals surface area contributed by atoms with Gasteiger partial charge in [-0.05, 0) is 37.1 Å². The maximum Gasteiger partial charge on any atom is 0.141 e. The maximum absolute atomic E-state index is 13.1. The summed E-state index contributed by atoms with van der Waals surface area (Å²) in [7, 11) is 1.98. The highest BCUT2D eigenvalue weighted by molar-refractivity contribution is 6.30. The van der Waals surface area contributed by atoms with Crippen LogP contribution in [0.25, 0.3) is 0 Å². The molecule has 0 amide bonds. The Morgan fingerprint density at radius 3 is 2.41 bits per heavy atom. The van der Waals surface area contributed by atoms with Crippen LogP contribution in [0.15, 0.2) is 18.2 Å². The quantitative estimate of drug-likeness (QED) is 0.811. The molecular weight excluding hydrogens is 237 g/mol. The number of hydrogen-bond donors (Lipinski definition) is 1. The van der Waals surface area contributed by atoms with E-state index in [0.717, 1.165) is 24.8 Å². The highest BCUT2D eigenvalue weighted by Crippen LogP contribution is 2.21. The second kappa shape index (κ2) is 6.97. The fourth-order valence-electron chi connectivity index (χ4n) is 2.28. The summed E-state index contributed by atoms with van der Waals surface area (Å²) in [5, 5.41) is 3.56. The second-order valence-corrected chi connectivity index (χ2v) is 4.83. The fraction of sp³-hybridized carbons (Fsp3) is 0.571. The summed E-state index contributed by atoms with van der Waals surface area (Å²) in [6.45, 7) is 4.41. The lowest BCUT2D eigenvalue weighted by molar-refractivity contribution is 0.349. The molecule has 0 saturated heterocycles. The Morgan fingerprint density at radius 2 is 1.94 bits per heavy atom. The first kappa shape index (κ1) is 14.5. The summed E-state index contributed by atoms with van der Waals surface area (Å²) in [5.74, 6) is 0.294. The zero-order valence-corrected chi connectivity index (χ0v) is 11.5. The third kappa shape index (κ3) is 3.97. The Kier molecular flexibility index (Phi) is 5.93. The molecule has 1 aromatic carbocycles. The highest BCUT2D eigenvalue weighted by Gasteiger charge is 2.17. The van der Waals surface area contributed by atoms with Crippen molar-refractivity contribution in [2.45, 2.75) is 39.2 Å². The van der Waals surface area contributed by atoms with Crippen LogP contribution >= 0.6 is 11.6 Å². The Balaban J connectivity index is 2.76. The molecule has 0 aliphatic carbocycles. The van der Waals surface area contributed by atoms with Crippen LogP contribution in [0.1, 0.15) is 32.3 Å². The average Bonchev–Trinajstić information content (AvgIpc) is 2.33. The summed E-state index contributed by atoms with van der Waals surface area (Å²) in [6.07, 6.45) is 3.19. The van der Waals surface area contributed by atoms with Gasteiger partial charge in [-0.3, -0.25) is 0 Å². The number of rotatable bonds is 6. The number of nitrogens with one attached hydrogen (secondary N) is 1. The molecule has 0 saturated carbocycles. The molecule has 3 heteroatoms. The maximum atomic E-state index is 13.1. The smallest absolute Gasteiger partial charge is 0.141 e. The first-order chi connectivity index (χ1) is 8.12. The number of halogens is 2. The molecule has 1 unspecified atom stereocenters. The van der Waals surface area contributed by atoms with Gasteiger partial charge >= 0.3 is 0 Å². The normalized spacial score (nSPS) is 13.1. The van der Waals surface area contributed by atoms with E-state index in [4.69, 9.17) is 11.6 Å². The van der Waals surface area contributed by atoms with Gasteiger partial charge in [0.25, 0.3) is 0 Å². The van der Waals surface area contributed by atoms with Gasteiger partial charge < -0.3 is 5.32 Å². The van der Waals surface area contributed by atoms with Crippen LogP contribution in [0.2, 0.25) is 5.02 Å². The lowest BCUT2D eigenvalue weighted by Gasteiger charge is -2.25. The van der Waals surface area contributed by atoms with E-state index < -0.39 is 0 Å². The summed E-state index contributed by atoms with van der Waals surface area (Å²) in [5.41, 5.74) is 1.09. The summed E-state index contributed by atoms with van der Waals surface area (Å²) >= 11 is 5.79. The molecule has 1 rings (SSSR count). The first-order valence-electron chi connectivity index (χ1n) is 6.23. The third-order valence-corrected chi connectivity index (χ3v) is 3.72. The van der Waals surface area contributed by atoms with Crippen molar-refractivity contribution in [1.82, 2.24) is 5.32 Å². The zero-order chi connectivity index (χ0) is 12.8. The topological polar surface area (TPSA) is 12.0 Å². The van der Waals surface area contributed by atoms with Crippen LogP contribution in [0.3, 0.4) is 0 Å². The molecule has 1 N–H and O–H groups in total. The van der Waals surface area contributed by atoms with Crippen molar-refractivity contribution < 1.29 is 4.39 Å². The van der Waals surface area contributed by atoms with Gasteiger partial charge in [0, 0.05) is 6.04 Å². The van der Waals surface area contributed by atoms with Crippen molar-refractivity contribution in [2.24, 2.45) is 5.92 Å². The van der Waals surface area contributed by atoms with Gasteiger partial charge in [0.05, 0.1) is 5.02 Å². The third-order valence-electron chi connectivity index (χ3n) is 3.43. The van der Waals surface area contributed by atoms with E-state index >= 15 is 0 Å². The van der Waals surface area contributed by atoms with Gasteiger partial charge in [-0.1, -0.05) is 44.4 Å². The molecule has 0 fully saturated rings. The van der Waals surface area contributed by atoms with Crippen molar-refractivity contribution in [3.63, 3.8) is 0 Å². The predicted octanol–water partition coefficient (Wildman–Crippen LogP) is 4.05. The van der Waals surface area contributed by atoms with Gasteiger partial charge in [-0.15, -0.1) is 0 Å².